The van der Waals surface area contributed by atoms with E-state index in [2.05, 4.69) is 48.2 Å². The number of hydrogen-bond acceptors (Lipinski definition) is 4. The highest BCUT2D eigenvalue weighted by molar-refractivity contribution is 6.32. The van der Waals surface area contributed by atoms with Crippen molar-refractivity contribution in [3.63, 3.8) is 0 Å². The summed E-state index contributed by atoms with van der Waals surface area (Å²) in [6.45, 7) is 8.21. The number of anilines is 2. The molecule has 0 aliphatic rings. The van der Waals surface area contributed by atoms with Crippen LogP contribution in [0.4, 0.5) is 11.5 Å². The van der Waals surface area contributed by atoms with E-state index in [1.165, 1.54) is 5.56 Å². The first kappa shape index (κ1) is 15.4. The van der Waals surface area contributed by atoms with E-state index in [1.54, 1.807) is 6.92 Å². The number of aryl methyl sites for hydroxylation is 1. The monoisotopic (exact) mass is 303 g/mol. The second kappa shape index (κ2) is 5.82. The Bertz CT molecular complexity index is 660. The number of nitrogens with zero attached hydrogens (tertiary/aromatic N) is 2. The van der Waals surface area contributed by atoms with Crippen molar-refractivity contribution in [3.05, 3.63) is 46.4 Å². The van der Waals surface area contributed by atoms with Crippen molar-refractivity contribution in [2.75, 3.05) is 5.32 Å². The van der Waals surface area contributed by atoms with Gasteiger partial charge in [-0.3, -0.25) is 4.79 Å². The summed E-state index contributed by atoms with van der Waals surface area (Å²) in [5, 5.41) is 3.28. The number of nitrogens with one attached hydrogen (secondary N) is 1. The van der Waals surface area contributed by atoms with Crippen molar-refractivity contribution in [1.82, 2.24) is 9.97 Å². The number of carbonyl (C=O) groups is 1. The van der Waals surface area contributed by atoms with Crippen LogP contribution in [0, 0.1) is 6.92 Å². The summed E-state index contributed by atoms with van der Waals surface area (Å²) in [6, 6.07) is 8.03. The van der Waals surface area contributed by atoms with E-state index >= 15 is 0 Å². The van der Waals surface area contributed by atoms with Gasteiger partial charge in [-0.15, -0.1) is 0 Å². The predicted molar refractivity (Wildman–Crippen MR) is 85.6 cm³/mol. The molecule has 0 saturated carbocycles. The Morgan fingerprint density at radius 1 is 1.14 bits per heavy atom. The number of aldehydes is 1. The van der Waals surface area contributed by atoms with E-state index in [0.29, 0.717) is 17.9 Å². The molecule has 21 heavy (non-hydrogen) atoms. The molecule has 0 fully saturated rings. The molecule has 0 unspecified atom stereocenters. The molecule has 4 nitrogen and oxygen atoms in total. The number of hydrogen-bond donors (Lipinski definition) is 1. The van der Waals surface area contributed by atoms with Gasteiger partial charge >= 0.3 is 0 Å². The molecule has 0 bridgehead atoms. The molecule has 2 aromatic rings. The van der Waals surface area contributed by atoms with Crippen molar-refractivity contribution >= 4 is 29.4 Å². The van der Waals surface area contributed by atoms with Gasteiger partial charge in [-0.2, -0.15) is 0 Å². The molecule has 110 valence electrons. The van der Waals surface area contributed by atoms with Crippen molar-refractivity contribution in [2.24, 2.45) is 0 Å². The molecule has 0 aliphatic carbocycles. The molecular weight excluding hydrogens is 286 g/mol. The van der Waals surface area contributed by atoms with E-state index in [1.807, 2.05) is 12.1 Å². The summed E-state index contributed by atoms with van der Waals surface area (Å²) < 4.78 is 0. The highest BCUT2D eigenvalue weighted by atomic mass is 35.5. The quantitative estimate of drug-likeness (QED) is 0.679. The zero-order valence-corrected chi connectivity index (χ0v) is 13.3. The fourth-order valence-corrected chi connectivity index (χ4v) is 2.19. The summed E-state index contributed by atoms with van der Waals surface area (Å²) in [4.78, 5) is 19.3. The van der Waals surface area contributed by atoms with E-state index in [-0.39, 0.29) is 16.1 Å². The largest absolute Gasteiger partial charge is 0.339 e. The van der Waals surface area contributed by atoms with Crippen LogP contribution < -0.4 is 5.32 Å². The maximum atomic E-state index is 11.1. The third-order valence-electron chi connectivity index (χ3n) is 3.14. The van der Waals surface area contributed by atoms with Gasteiger partial charge in [-0.1, -0.05) is 44.5 Å². The molecule has 0 amide bonds. The first-order chi connectivity index (χ1) is 9.81. The van der Waals surface area contributed by atoms with E-state index in [4.69, 9.17) is 11.6 Å². The van der Waals surface area contributed by atoms with Crippen LogP contribution in [-0.2, 0) is 5.41 Å². The summed E-state index contributed by atoms with van der Waals surface area (Å²) in [5.74, 6) is 0.936. The second-order valence-electron chi connectivity index (χ2n) is 5.89. The fourth-order valence-electron chi connectivity index (χ4n) is 1.94. The Kier molecular flexibility index (Phi) is 4.28. The fraction of sp³-hybridized carbons (Fsp3) is 0.312. The van der Waals surface area contributed by atoms with Gasteiger partial charge < -0.3 is 5.32 Å². The molecule has 1 aromatic heterocycles. The highest BCUT2D eigenvalue weighted by Gasteiger charge is 2.14. The van der Waals surface area contributed by atoms with Gasteiger partial charge in [0.05, 0.1) is 5.56 Å². The first-order valence-electron chi connectivity index (χ1n) is 6.68. The molecule has 0 atom stereocenters. The van der Waals surface area contributed by atoms with Gasteiger partial charge in [0.1, 0.15) is 16.8 Å². The maximum absolute atomic E-state index is 11.1. The standard InChI is InChI=1S/C16H18ClN3O/c1-10-18-14(17)13(9-21)15(19-10)20-12-7-5-11(6-8-12)16(2,3)4/h5-9H,1-4H3,(H,18,19,20). The van der Waals surface area contributed by atoms with Crippen molar-refractivity contribution in [3.8, 4) is 0 Å². The number of aromatic nitrogens is 2. The molecule has 0 aliphatic heterocycles. The van der Waals surface area contributed by atoms with Crippen LogP contribution in [0.5, 0.6) is 0 Å². The van der Waals surface area contributed by atoms with Crippen LogP contribution in [0.3, 0.4) is 0 Å². The lowest BCUT2D eigenvalue weighted by Gasteiger charge is -2.19. The average Bonchev–Trinajstić information content (AvgIpc) is 2.38. The first-order valence-corrected chi connectivity index (χ1v) is 7.06. The Morgan fingerprint density at radius 3 is 2.29 bits per heavy atom. The van der Waals surface area contributed by atoms with Crippen LogP contribution in [0.2, 0.25) is 5.15 Å². The second-order valence-corrected chi connectivity index (χ2v) is 6.25. The molecule has 0 spiro atoms. The average molecular weight is 304 g/mol. The van der Waals surface area contributed by atoms with E-state index in [0.717, 1.165) is 5.69 Å². The van der Waals surface area contributed by atoms with E-state index in [9.17, 15) is 4.79 Å². The number of halogens is 1. The topological polar surface area (TPSA) is 54.9 Å². The molecule has 0 radical (unpaired) electrons. The van der Waals surface area contributed by atoms with Crippen LogP contribution in [0.1, 0.15) is 42.5 Å². The van der Waals surface area contributed by atoms with Crippen molar-refractivity contribution < 1.29 is 4.79 Å². The minimum Gasteiger partial charge on any atom is -0.339 e. The summed E-state index contributed by atoms with van der Waals surface area (Å²) in [6.07, 6.45) is 0.660. The Balaban J connectivity index is 2.32. The lowest BCUT2D eigenvalue weighted by Crippen LogP contribution is -2.10. The van der Waals surface area contributed by atoms with E-state index < -0.39 is 0 Å². The summed E-state index contributed by atoms with van der Waals surface area (Å²) >= 11 is 5.96. The molecule has 1 heterocycles. The van der Waals surface area contributed by atoms with Crippen LogP contribution >= 0.6 is 11.6 Å². The molecule has 1 aromatic carbocycles. The zero-order valence-electron chi connectivity index (χ0n) is 12.6. The molecule has 2 rings (SSSR count). The number of carbonyl (C=O) groups excluding carboxylic acids is 1. The third kappa shape index (κ3) is 3.58. The molecule has 1 N–H and O–H groups in total. The Hall–Kier alpha value is -1.94. The zero-order chi connectivity index (χ0) is 15.6. The normalized spacial score (nSPS) is 11.3. The Labute approximate surface area is 129 Å². The SMILES string of the molecule is Cc1nc(Cl)c(C=O)c(Nc2ccc(C(C)(C)C)cc2)n1. The Morgan fingerprint density at radius 2 is 1.76 bits per heavy atom. The smallest absolute Gasteiger partial charge is 0.156 e. The van der Waals surface area contributed by atoms with Gasteiger partial charge in [0.25, 0.3) is 0 Å². The number of benzene rings is 1. The molecule has 5 heteroatoms. The lowest BCUT2D eigenvalue weighted by molar-refractivity contribution is 0.112. The minimum atomic E-state index is 0.0985. The van der Waals surface area contributed by atoms with Gasteiger partial charge in [0.2, 0.25) is 0 Å². The summed E-state index contributed by atoms with van der Waals surface area (Å²) in [7, 11) is 0. The van der Waals surface area contributed by atoms with Gasteiger partial charge in [0, 0.05) is 5.69 Å². The minimum absolute atomic E-state index is 0.0985. The molecule has 0 saturated heterocycles. The predicted octanol–water partition coefficient (Wildman–Crippen LogP) is 4.29. The summed E-state index contributed by atoms with van der Waals surface area (Å²) in [5.41, 5.74) is 2.45. The van der Waals surface area contributed by atoms with Gasteiger partial charge in [-0.25, -0.2) is 9.97 Å². The lowest BCUT2D eigenvalue weighted by atomic mass is 9.87. The van der Waals surface area contributed by atoms with Gasteiger partial charge in [-0.05, 0) is 30.0 Å². The van der Waals surface area contributed by atoms with Crippen molar-refractivity contribution in [2.45, 2.75) is 33.1 Å². The maximum Gasteiger partial charge on any atom is 0.156 e. The molecular formula is C16H18ClN3O. The van der Waals surface area contributed by atoms with Crippen LogP contribution in [-0.4, -0.2) is 16.3 Å². The van der Waals surface area contributed by atoms with Crippen molar-refractivity contribution in [1.29, 1.82) is 0 Å². The number of rotatable bonds is 3. The third-order valence-corrected chi connectivity index (χ3v) is 3.43. The van der Waals surface area contributed by atoms with Gasteiger partial charge in [0.15, 0.2) is 6.29 Å². The van der Waals surface area contributed by atoms with Crippen LogP contribution in [0.25, 0.3) is 0 Å². The highest BCUT2D eigenvalue weighted by Crippen LogP contribution is 2.26. The van der Waals surface area contributed by atoms with Crippen LogP contribution in [0.15, 0.2) is 24.3 Å².